The van der Waals surface area contributed by atoms with Crippen molar-refractivity contribution in [1.82, 2.24) is 25.1 Å². The van der Waals surface area contributed by atoms with E-state index in [1.807, 2.05) is 41.2 Å². The molecule has 156 valence electrons. The van der Waals surface area contributed by atoms with Crippen LogP contribution in [-0.2, 0) is 11.2 Å². The number of nitrogens with one attached hydrogen (secondary N) is 1. The first-order valence-corrected chi connectivity index (χ1v) is 10.4. The predicted octanol–water partition coefficient (Wildman–Crippen LogP) is 3.58. The largest absolute Gasteiger partial charge is 0.497 e. The number of rotatable bonds is 7. The molecule has 1 N–H and O–H groups in total. The van der Waals surface area contributed by atoms with Gasteiger partial charge in [0.05, 0.1) is 25.0 Å². The number of aromatic nitrogens is 4. The Hall–Kier alpha value is -3.22. The maximum absolute atomic E-state index is 12.4. The molecule has 1 amide bonds. The van der Waals surface area contributed by atoms with E-state index in [4.69, 9.17) is 4.74 Å². The summed E-state index contributed by atoms with van der Waals surface area (Å²) >= 11 is 0. The molecule has 7 heteroatoms. The standard InChI is InChI=1S/C23H27N5O2/c1-30-21-4-2-3-17(13-21)5-10-23(29)27-19-6-8-20(9-7-19)28-15-18(14-26-28)22-11-12-24-16-25-22/h2-4,11-16,19-20H,5-10H2,1H3,(H,27,29). The van der Waals surface area contributed by atoms with Crippen LogP contribution in [-0.4, -0.2) is 38.8 Å². The van der Waals surface area contributed by atoms with E-state index in [-0.39, 0.29) is 11.9 Å². The molecule has 0 saturated heterocycles. The molecule has 2 aromatic heterocycles. The number of hydrogen-bond donors (Lipinski definition) is 1. The highest BCUT2D eigenvalue weighted by Crippen LogP contribution is 2.29. The van der Waals surface area contributed by atoms with Gasteiger partial charge in [-0.05, 0) is 55.9 Å². The van der Waals surface area contributed by atoms with Crippen molar-refractivity contribution in [3.05, 3.63) is 60.8 Å². The molecule has 0 atom stereocenters. The van der Waals surface area contributed by atoms with E-state index in [1.54, 1.807) is 19.6 Å². The van der Waals surface area contributed by atoms with E-state index < -0.39 is 0 Å². The zero-order chi connectivity index (χ0) is 20.8. The Morgan fingerprint density at radius 3 is 2.87 bits per heavy atom. The summed E-state index contributed by atoms with van der Waals surface area (Å²) in [7, 11) is 1.66. The Balaban J connectivity index is 1.23. The van der Waals surface area contributed by atoms with E-state index in [2.05, 4.69) is 26.6 Å². The summed E-state index contributed by atoms with van der Waals surface area (Å²) in [5, 5.41) is 7.74. The second-order valence-corrected chi connectivity index (χ2v) is 7.73. The van der Waals surface area contributed by atoms with Crippen LogP contribution in [0.1, 0.15) is 43.7 Å². The predicted molar refractivity (Wildman–Crippen MR) is 114 cm³/mol. The van der Waals surface area contributed by atoms with Crippen LogP contribution in [0.25, 0.3) is 11.3 Å². The quantitative estimate of drug-likeness (QED) is 0.650. The third-order valence-corrected chi connectivity index (χ3v) is 5.69. The molecule has 0 bridgehead atoms. The Morgan fingerprint density at radius 1 is 1.23 bits per heavy atom. The molecule has 3 aromatic rings. The topological polar surface area (TPSA) is 81.9 Å². The fraction of sp³-hybridized carbons (Fsp3) is 0.391. The number of carbonyl (C=O) groups is 1. The number of ether oxygens (including phenoxy) is 1. The maximum Gasteiger partial charge on any atom is 0.220 e. The SMILES string of the molecule is COc1cccc(CCC(=O)NC2CCC(n3cc(-c4ccncn4)cn3)CC2)c1. The van der Waals surface area contributed by atoms with E-state index in [1.165, 1.54) is 0 Å². The third kappa shape index (κ3) is 5.03. The molecular formula is C23H27N5O2. The van der Waals surface area contributed by atoms with Crippen LogP contribution in [0.15, 0.2) is 55.2 Å². The summed E-state index contributed by atoms with van der Waals surface area (Å²) in [6, 6.07) is 10.4. The molecule has 1 saturated carbocycles. The number of benzene rings is 1. The van der Waals surface area contributed by atoms with E-state index in [0.717, 1.165) is 54.7 Å². The van der Waals surface area contributed by atoms with E-state index in [0.29, 0.717) is 12.5 Å². The second kappa shape index (κ2) is 9.52. The number of hydrogen-bond acceptors (Lipinski definition) is 5. The molecule has 0 unspecified atom stereocenters. The molecule has 0 radical (unpaired) electrons. The molecule has 4 rings (SSSR count). The maximum atomic E-state index is 12.4. The highest BCUT2D eigenvalue weighted by molar-refractivity contribution is 5.76. The molecule has 0 aliphatic heterocycles. The normalized spacial score (nSPS) is 18.7. The Kier molecular flexibility index (Phi) is 6.37. The molecule has 30 heavy (non-hydrogen) atoms. The van der Waals surface area contributed by atoms with Gasteiger partial charge in [0, 0.05) is 30.4 Å². The van der Waals surface area contributed by atoms with Crippen LogP contribution in [0.5, 0.6) is 5.75 Å². The van der Waals surface area contributed by atoms with Crippen molar-refractivity contribution in [2.45, 2.75) is 50.6 Å². The average molecular weight is 406 g/mol. The molecule has 7 nitrogen and oxygen atoms in total. The number of methoxy groups -OCH3 is 1. The Bertz CT molecular complexity index is 964. The summed E-state index contributed by atoms with van der Waals surface area (Å²) in [5.41, 5.74) is 3.00. The fourth-order valence-corrected chi connectivity index (χ4v) is 4.00. The number of amides is 1. The molecular weight excluding hydrogens is 378 g/mol. The third-order valence-electron chi connectivity index (χ3n) is 5.69. The minimum Gasteiger partial charge on any atom is -0.497 e. The highest BCUT2D eigenvalue weighted by atomic mass is 16.5. The van der Waals surface area contributed by atoms with Gasteiger partial charge < -0.3 is 10.1 Å². The summed E-state index contributed by atoms with van der Waals surface area (Å²) in [6.07, 6.45) is 12.4. The number of carbonyl (C=O) groups excluding carboxylic acids is 1. The highest BCUT2D eigenvalue weighted by Gasteiger charge is 2.24. The summed E-state index contributed by atoms with van der Waals surface area (Å²) in [4.78, 5) is 20.6. The minimum atomic E-state index is 0.117. The van der Waals surface area contributed by atoms with Gasteiger partial charge in [-0.3, -0.25) is 9.48 Å². The van der Waals surface area contributed by atoms with Gasteiger partial charge in [0.1, 0.15) is 12.1 Å². The van der Waals surface area contributed by atoms with Crippen LogP contribution in [0.4, 0.5) is 0 Å². The van der Waals surface area contributed by atoms with Crippen LogP contribution < -0.4 is 10.1 Å². The molecule has 0 spiro atoms. The summed E-state index contributed by atoms with van der Waals surface area (Å²) in [6.45, 7) is 0. The Labute approximate surface area is 176 Å². The van der Waals surface area contributed by atoms with Crippen molar-refractivity contribution in [3.63, 3.8) is 0 Å². The van der Waals surface area contributed by atoms with E-state index >= 15 is 0 Å². The van der Waals surface area contributed by atoms with Crippen molar-refractivity contribution in [1.29, 1.82) is 0 Å². The van der Waals surface area contributed by atoms with Gasteiger partial charge in [0.25, 0.3) is 0 Å². The molecule has 1 aromatic carbocycles. The molecule has 1 aliphatic carbocycles. The second-order valence-electron chi connectivity index (χ2n) is 7.73. The van der Waals surface area contributed by atoms with Gasteiger partial charge in [-0.15, -0.1) is 0 Å². The first-order valence-electron chi connectivity index (χ1n) is 10.4. The van der Waals surface area contributed by atoms with Gasteiger partial charge in [0.15, 0.2) is 0 Å². The van der Waals surface area contributed by atoms with Crippen molar-refractivity contribution < 1.29 is 9.53 Å². The first-order chi connectivity index (χ1) is 14.7. The van der Waals surface area contributed by atoms with Crippen LogP contribution in [0, 0.1) is 0 Å². The fourth-order valence-electron chi connectivity index (χ4n) is 4.00. The number of nitrogens with zero attached hydrogens (tertiary/aromatic N) is 4. The summed E-state index contributed by atoms with van der Waals surface area (Å²) in [5.74, 6) is 0.944. The van der Waals surface area contributed by atoms with Gasteiger partial charge in [0.2, 0.25) is 5.91 Å². The zero-order valence-corrected chi connectivity index (χ0v) is 17.2. The zero-order valence-electron chi connectivity index (χ0n) is 17.2. The Morgan fingerprint density at radius 2 is 2.10 bits per heavy atom. The van der Waals surface area contributed by atoms with Crippen LogP contribution in [0.3, 0.4) is 0 Å². The van der Waals surface area contributed by atoms with E-state index in [9.17, 15) is 4.79 Å². The van der Waals surface area contributed by atoms with Gasteiger partial charge in [-0.1, -0.05) is 12.1 Å². The molecule has 1 fully saturated rings. The lowest BCUT2D eigenvalue weighted by Gasteiger charge is -2.29. The lowest BCUT2D eigenvalue weighted by atomic mass is 9.91. The van der Waals surface area contributed by atoms with Gasteiger partial charge >= 0.3 is 0 Å². The van der Waals surface area contributed by atoms with Crippen LogP contribution in [0.2, 0.25) is 0 Å². The van der Waals surface area contributed by atoms with Crippen molar-refractivity contribution >= 4 is 5.91 Å². The van der Waals surface area contributed by atoms with Crippen LogP contribution >= 0.6 is 0 Å². The van der Waals surface area contributed by atoms with Crippen molar-refractivity contribution in [2.75, 3.05) is 7.11 Å². The molecule has 2 heterocycles. The van der Waals surface area contributed by atoms with Gasteiger partial charge in [-0.2, -0.15) is 5.10 Å². The van der Waals surface area contributed by atoms with Crippen molar-refractivity contribution in [3.8, 4) is 17.0 Å². The average Bonchev–Trinajstić information content (AvgIpc) is 3.29. The number of aryl methyl sites for hydroxylation is 1. The lowest BCUT2D eigenvalue weighted by molar-refractivity contribution is -0.122. The minimum absolute atomic E-state index is 0.117. The van der Waals surface area contributed by atoms with Crippen molar-refractivity contribution in [2.24, 2.45) is 0 Å². The smallest absolute Gasteiger partial charge is 0.220 e. The van der Waals surface area contributed by atoms with Gasteiger partial charge in [-0.25, -0.2) is 9.97 Å². The monoisotopic (exact) mass is 405 g/mol. The first kappa shape index (κ1) is 20.1. The molecule has 1 aliphatic rings. The lowest BCUT2D eigenvalue weighted by Crippen LogP contribution is -2.38. The summed E-state index contributed by atoms with van der Waals surface area (Å²) < 4.78 is 7.28.